The van der Waals surface area contributed by atoms with Crippen LogP contribution in [0.2, 0.25) is 0 Å². The van der Waals surface area contributed by atoms with Crippen LogP contribution >= 0.6 is 0 Å². The van der Waals surface area contributed by atoms with Crippen LogP contribution in [0.25, 0.3) is 0 Å². The molecule has 1 fully saturated rings. The lowest BCUT2D eigenvalue weighted by Crippen LogP contribution is -2.47. The van der Waals surface area contributed by atoms with Crippen LogP contribution in [-0.4, -0.2) is 24.8 Å². The molecule has 2 rings (SSSR count). The molecule has 0 aromatic heterocycles. The van der Waals surface area contributed by atoms with Crippen molar-refractivity contribution in [2.45, 2.75) is 25.0 Å². The van der Waals surface area contributed by atoms with E-state index in [4.69, 9.17) is 9.47 Å². The van der Waals surface area contributed by atoms with Crippen LogP contribution in [-0.2, 0) is 14.3 Å². The molecular formula is C9H12O3. The molecule has 1 atom stereocenters. The fourth-order valence-corrected chi connectivity index (χ4v) is 1.61. The highest BCUT2D eigenvalue weighted by Gasteiger charge is 2.41. The predicted octanol–water partition coefficient (Wildman–Crippen LogP) is 1.04. The molecule has 2 aliphatic rings. The lowest BCUT2D eigenvalue weighted by molar-refractivity contribution is -0.238. The maximum absolute atomic E-state index is 11.4. The van der Waals surface area contributed by atoms with Crippen molar-refractivity contribution < 1.29 is 14.3 Å². The zero-order chi connectivity index (χ0) is 8.44. The van der Waals surface area contributed by atoms with Gasteiger partial charge in [0.05, 0.1) is 13.2 Å². The van der Waals surface area contributed by atoms with Gasteiger partial charge in [-0.25, -0.2) is 0 Å². The Morgan fingerprint density at radius 3 is 2.92 bits per heavy atom. The summed E-state index contributed by atoms with van der Waals surface area (Å²) < 4.78 is 10.8. The molecule has 1 spiro atoms. The van der Waals surface area contributed by atoms with Crippen molar-refractivity contribution in [3.63, 3.8) is 0 Å². The zero-order valence-electron chi connectivity index (χ0n) is 6.91. The normalized spacial score (nSPS) is 35.8. The van der Waals surface area contributed by atoms with Gasteiger partial charge in [-0.05, 0) is 18.9 Å². The minimum absolute atomic E-state index is 0.0338. The van der Waals surface area contributed by atoms with Gasteiger partial charge < -0.3 is 9.47 Å². The van der Waals surface area contributed by atoms with Gasteiger partial charge in [0, 0.05) is 6.42 Å². The molecule has 2 aliphatic heterocycles. The van der Waals surface area contributed by atoms with Gasteiger partial charge in [0.15, 0.2) is 0 Å². The number of carbonyl (C=O) groups is 1. The molecule has 12 heavy (non-hydrogen) atoms. The van der Waals surface area contributed by atoms with Crippen molar-refractivity contribution in [1.82, 2.24) is 0 Å². The molecule has 1 unspecified atom stereocenters. The molecule has 1 saturated heterocycles. The number of hydrogen-bond donors (Lipinski definition) is 0. The summed E-state index contributed by atoms with van der Waals surface area (Å²) in [6.45, 7) is 1.13. The molecule has 0 N–H and O–H groups in total. The average molecular weight is 168 g/mol. The maximum atomic E-state index is 11.4. The van der Waals surface area contributed by atoms with E-state index in [0.717, 1.165) is 12.8 Å². The third-order valence-electron chi connectivity index (χ3n) is 2.29. The number of ether oxygens (including phenoxy) is 2. The molecule has 0 saturated carbocycles. The van der Waals surface area contributed by atoms with Gasteiger partial charge in [0.25, 0.3) is 0 Å². The first kappa shape index (κ1) is 7.95. The van der Waals surface area contributed by atoms with E-state index in [1.54, 1.807) is 12.2 Å². The number of hydrogen-bond acceptors (Lipinski definition) is 3. The summed E-state index contributed by atoms with van der Waals surface area (Å²) in [7, 11) is 0. The first-order valence-corrected chi connectivity index (χ1v) is 4.32. The first-order valence-electron chi connectivity index (χ1n) is 4.32. The Hall–Kier alpha value is -0.670. The number of rotatable bonds is 0. The molecule has 3 nitrogen and oxygen atoms in total. The fraction of sp³-hybridized carbons (Fsp3) is 0.667. The van der Waals surface area contributed by atoms with Crippen molar-refractivity contribution in [1.29, 1.82) is 0 Å². The van der Waals surface area contributed by atoms with Gasteiger partial charge in [0.1, 0.15) is 0 Å². The van der Waals surface area contributed by atoms with E-state index in [1.165, 1.54) is 0 Å². The van der Waals surface area contributed by atoms with Gasteiger partial charge in [-0.2, -0.15) is 0 Å². The molecule has 2 heterocycles. The van der Waals surface area contributed by atoms with Crippen molar-refractivity contribution in [2.75, 3.05) is 13.2 Å². The molecule has 0 aromatic rings. The lowest BCUT2D eigenvalue weighted by atomic mass is 9.99. The summed E-state index contributed by atoms with van der Waals surface area (Å²) >= 11 is 0. The van der Waals surface area contributed by atoms with Gasteiger partial charge in [-0.3, -0.25) is 4.79 Å². The molecule has 0 bridgehead atoms. The molecule has 66 valence electrons. The minimum atomic E-state index is -0.910. The Morgan fingerprint density at radius 1 is 1.33 bits per heavy atom. The van der Waals surface area contributed by atoms with Crippen LogP contribution in [0.4, 0.5) is 0 Å². The second-order valence-corrected chi connectivity index (χ2v) is 3.14. The Labute approximate surface area is 71.3 Å². The van der Waals surface area contributed by atoms with Crippen molar-refractivity contribution in [3.05, 3.63) is 12.2 Å². The molecule has 0 radical (unpaired) electrons. The largest absolute Gasteiger partial charge is 0.343 e. The van der Waals surface area contributed by atoms with E-state index < -0.39 is 5.79 Å². The summed E-state index contributed by atoms with van der Waals surface area (Å²) in [5.41, 5.74) is 0. The summed E-state index contributed by atoms with van der Waals surface area (Å²) in [5, 5.41) is 0. The summed E-state index contributed by atoms with van der Waals surface area (Å²) in [6, 6.07) is 0. The Kier molecular flexibility index (Phi) is 1.98. The summed E-state index contributed by atoms with van der Waals surface area (Å²) in [6.07, 6.45) is 6.04. The predicted molar refractivity (Wildman–Crippen MR) is 42.6 cm³/mol. The third kappa shape index (κ3) is 1.19. The number of carbonyl (C=O) groups excluding carboxylic acids is 1. The number of ketones is 1. The first-order chi connectivity index (χ1) is 5.83. The van der Waals surface area contributed by atoms with Crippen LogP contribution in [0.5, 0.6) is 0 Å². The zero-order valence-corrected chi connectivity index (χ0v) is 6.91. The second kappa shape index (κ2) is 2.99. The summed E-state index contributed by atoms with van der Waals surface area (Å²) in [4.78, 5) is 11.4. The van der Waals surface area contributed by atoms with Crippen LogP contribution in [0, 0.1) is 0 Å². The second-order valence-electron chi connectivity index (χ2n) is 3.14. The van der Waals surface area contributed by atoms with Crippen LogP contribution in [0.3, 0.4) is 0 Å². The van der Waals surface area contributed by atoms with Gasteiger partial charge in [-0.1, -0.05) is 6.08 Å². The Bertz CT molecular complexity index is 214. The smallest absolute Gasteiger partial charge is 0.233 e. The van der Waals surface area contributed by atoms with E-state index in [9.17, 15) is 4.79 Å². The van der Waals surface area contributed by atoms with E-state index in [2.05, 4.69) is 0 Å². The Morgan fingerprint density at radius 2 is 2.25 bits per heavy atom. The molecule has 0 aromatic carbocycles. The van der Waals surface area contributed by atoms with Crippen molar-refractivity contribution >= 4 is 5.78 Å². The molecule has 3 heteroatoms. The topological polar surface area (TPSA) is 35.5 Å². The quantitative estimate of drug-likeness (QED) is 0.542. The monoisotopic (exact) mass is 168 g/mol. The highest BCUT2D eigenvalue weighted by Crippen LogP contribution is 2.29. The van der Waals surface area contributed by atoms with Crippen LogP contribution < -0.4 is 0 Å². The fourth-order valence-electron chi connectivity index (χ4n) is 1.61. The maximum Gasteiger partial charge on any atom is 0.233 e. The standard InChI is InChI=1S/C9H12O3/c10-8-4-3-7-12-9(8)5-1-2-6-11-9/h3-4H,1-2,5-7H2. The molecule has 0 aliphatic carbocycles. The van der Waals surface area contributed by atoms with Crippen molar-refractivity contribution in [2.24, 2.45) is 0 Å². The highest BCUT2D eigenvalue weighted by molar-refractivity contribution is 5.96. The molecular weight excluding hydrogens is 156 g/mol. The lowest BCUT2D eigenvalue weighted by Gasteiger charge is -2.36. The van der Waals surface area contributed by atoms with Crippen LogP contribution in [0.15, 0.2) is 12.2 Å². The van der Waals surface area contributed by atoms with Crippen molar-refractivity contribution in [3.8, 4) is 0 Å². The van der Waals surface area contributed by atoms with Gasteiger partial charge >= 0.3 is 0 Å². The third-order valence-corrected chi connectivity index (χ3v) is 2.29. The van der Waals surface area contributed by atoms with Gasteiger partial charge in [0.2, 0.25) is 11.6 Å². The SMILES string of the molecule is O=C1C=CCOC12CCCCO2. The van der Waals surface area contributed by atoms with Crippen LogP contribution in [0.1, 0.15) is 19.3 Å². The minimum Gasteiger partial charge on any atom is -0.343 e. The Balaban J connectivity index is 2.17. The van der Waals surface area contributed by atoms with E-state index in [-0.39, 0.29) is 5.78 Å². The van der Waals surface area contributed by atoms with Gasteiger partial charge in [-0.15, -0.1) is 0 Å². The highest BCUT2D eigenvalue weighted by atomic mass is 16.7. The van der Waals surface area contributed by atoms with E-state index in [0.29, 0.717) is 19.6 Å². The molecule has 0 amide bonds. The van der Waals surface area contributed by atoms with E-state index >= 15 is 0 Å². The summed E-state index contributed by atoms with van der Waals surface area (Å²) in [5.74, 6) is -0.944. The van der Waals surface area contributed by atoms with E-state index in [1.807, 2.05) is 0 Å². The average Bonchev–Trinajstić information content (AvgIpc) is 2.12.